The molecule has 0 spiro atoms. The van der Waals surface area contributed by atoms with Gasteiger partial charge in [0.15, 0.2) is 0 Å². The van der Waals surface area contributed by atoms with E-state index < -0.39 is 0 Å². The van der Waals surface area contributed by atoms with Gasteiger partial charge < -0.3 is 15.1 Å². The molecule has 2 aromatic carbocycles. The van der Waals surface area contributed by atoms with Gasteiger partial charge in [-0.1, -0.05) is 24.3 Å². The highest BCUT2D eigenvalue weighted by Crippen LogP contribution is 2.38. The van der Waals surface area contributed by atoms with Crippen molar-refractivity contribution >= 4 is 23.2 Å². The highest BCUT2D eigenvalue weighted by molar-refractivity contribution is 5.94. The van der Waals surface area contributed by atoms with Gasteiger partial charge in [0.1, 0.15) is 5.82 Å². The van der Waals surface area contributed by atoms with Crippen LogP contribution in [0.4, 0.5) is 15.8 Å². The van der Waals surface area contributed by atoms with Crippen molar-refractivity contribution in [1.29, 1.82) is 0 Å². The molecule has 1 unspecified atom stereocenters. The van der Waals surface area contributed by atoms with E-state index in [1.807, 2.05) is 23.1 Å². The molecule has 5 nitrogen and oxygen atoms in total. The molecule has 4 rings (SSSR count). The van der Waals surface area contributed by atoms with E-state index in [-0.39, 0.29) is 24.2 Å². The van der Waals surface area contributed by atoms with Crippen LogP contribution >= 0.6 is 0 Å². The van der Waals surface area contributed by atoms with E-state index in [4.69, 9.17) is 0 Å². The number of hydrogen-bond acceptors (Lipinski definition) is 3. The molecule has 0 aromatic heterocycles. The molecule has 0 aliphatic carbocycles. The summed E-state index contributed by atoms with van der Waals surface area (Å²) in [5.74, 6) is 0.000736. The zero-order chi connectivity index (χ0) is 19.5. The summed E-state index contributed by atoms with van der Waals surface area (Å²) in [6.07, 6.45) is 2.50. The number of likely N-dealkylation sites (tertiary alicyclic amines) is 1. The van der Waals surface area contributed by atoms with Gasteiger partial charge in [-0.15, -0.1) is 0 Å². The SMILES string of the molecule is O=C(CN1CC(CCN2CCCC2=O)c2ccccc21)Nc1cccc(F)c1. The molecule has 1 fully saturated rings. The number of nitrogens with one attached hydrogen (secondary N) is 1. The summed E-state index contributed by atoms with van der Waals surface area (Å²) in [5, 5.41) is 2.76. The van der Waals surface area contributed by atoms with Gasteiger partial charge >= 0.3 is 0 Å². The number of para-hydroxylation sites is 1. The molecule has 2 aliphatic heterocycles. The Kier molecular flexibility index (Phi) is 5.28. The lowest BCUT2D eigenvalue weighted by molar-refractivity contribution is -0.127. The number of anilines is 2. The standard InChI is InChI=1S/C22H24FN3O2/c23-17-5-3-6-18(13-17)24-21(27)15-26-14-16(19-7-1-2-8-20(19)26)10-12-25-11-4-9-22(25)28/h1-3,5-8,13,16H,4,9-12,14-15H2,(H,24,27). The van der Waals surface area contributed by atoms with Crippen molar-refractivity contribution in [2.75, 3.05) is 36.4 Å². The van der Waals surface area contributed by atoms with Crippen LogP contribution in [0.2, 0.25) is 0 Å². The monoisotopic (exact) mass is 381 g/mol. The lowest BCUT2D eigenvalue weighted by Gasteiger charge is -2.21. The van der Waals surface area contributed by atoms with Crippen molar-refractivity contribution in [3.05, 3.63) is 59.9 Å². The van der Waals surface area contributed by atoms with Crippen LogP contribution in [-0.4, -0.2) is 42.9 Å². The van der Waals surface area contributed by atoms with E-state index >= 15 is 0 Å². The lowest BCUT2D eigenvalue weighted by Crippen LogP contribution is -2.33. The van der Waals surface area contributed by atoms with Gasteiger partial charge in [0.05, 0.1) is 6.54 Å². The summed E-state index contributed by atoms with van der Waals surface area (Å²) in [7, 11) is 0. The molecule has 6 heteroatoms. The fraction of sp³-hybridized carbons (Fsp3) is 0.364. The zero-order valence-corrected chi connectivity index (χ0v) is 15.7. The Morgan fingerprint density at radius 3 is 2.79 bits per heavy atom. The molecule has 1 saturated heterocycles. The molecule has 0 radical (unpaired) electrons. The predicted octanol–water partition coefficient (Wildman–Crippen LogP) is 3.38. The third-order valence-electron chi connectivity index (χ3n) is 5.52. The van der Waals surface area contributed by atoms with Crippen molar-refractivity contribution in [3.63, 3.8) is 0 Å². The van der Waals surface area contributed by atoms with Crippen LogP contribution in [0.3, 0.4) is 0 Å². The Balaban J connectivity index is 1.40. The van der Waals surface area contributed by atoms with Gasteiger partial charge in [-0.25, -0.2) is 4.39 Å². The second-order valence-corrected chi connectivity index (χ2v) is 7.47. The smallest absolute Gasteiger partial charge is 0.243 e. The largest absolute Gasteiger partial charge is 0.361 e. The molecular weight excluding hydrogens is 357 g/mol. The molecule has 146 valence electrons. The Hall–Kier alpha value is -2.89. The molecule has 0 bridgehead atoms. The summed E-state index contributed by atoms with van der Waals surface area (Å²) in [5.41, 5.74) is 2.75. The summed E-state index contributed by atoms with van der Waals surface area (Å²) in [4.78, 5) is 28.4. The highest BCUT2D eigenvalue weighted by Gasteiger charge is 2.30. The number of carbonyl (C=O) groups is 2. The zero-order valence-electron chi connectivity index (χ0n) is 15.7. The van der Waals surface area contributed by atoms with E-state index in [0.717, 1.165) is 38.2 Å². The first-order valence-electron chi connectivity index (χ1n) is 9.77. The summed E-state index contributed by atoms with van der Waals surface area (Å²) in [6.45, 7) is 2.58. The van der Waals surface area contributed by atoms with Crippen LogP contribution in [-0.2, 0) is 9.59 Å². The maximum absolute atomic E-state index is 13.3. The summed E-state index contributed by atoms with van der Waals surface area (Å²) < 4.78 is 13.3. The van der Waals surface area contributed by atoms with Crippen LogP contribution < -0.4 is 10.2 Å². The minimum absolute atomic E-state index is 0.171. The molecular formula is C22H24FN3O2. The average Bonchev–Trinajstić information content (AvgIpc) is 3.24. The van der Waals surface area contributed by atoms with Gasteiger partial charge in [-0.05, 0) is 42.7 Å². The van der Waals surface area contributed by atoms with Crippen LogP contribution in [0.15, 0.2) is 48.5 Å². The first kappa shape index (κ1) is 18.5. The Morgan fingerprint density at radius 2 is 2.00 bits per heavy atom. The van der Waals surface area contributed by atoms with E-state index in [2.05, 4.69) is 16.3 Å². The van der Waals surface area contributed by atoms with Crippen molar-refractivity contribution < 1.29 is 14.0 Å². The Morgan fingerprint density at radius 1 is 1.14 bits per heavy atom. The normalized spacial score (nSPS) is 18.5. The van der Waals surface area contributed by atoms with Crippen molar-refractivity contribution in [2.24, 2.45) is 0 Å². The molecule has 2 heterocycles. The summed E-state index contributed by atoms with van der Waals surface area (Å²) >= 11 is 0. The number of amides is 2. The fourth-order valence-corrected chi connectivity index (χ4v) is 4.17. The fourth-order valence-electron chi connectivity index (χ4n) is 4.17. The van der Waals surface area contributed by atoms with Crippen molar-refractivity contribution in [3.8, 4) is 0 Å². The van der Waals surface area contributed by atoms with Crippen molar-refractivity contribution in [2.45, 2.75) is 25.2 Å². The molecule has 1 atom stereocenters. The van der Waals surface area contributed by atoms with Gasteiger partial charge in [0.25, 0.3) is 0 Å². The van der Waals surface area contributed by atoms with Crippen LogP contribution in [0.5, 0.6) is 0 Å². The van der Waals surface area contributed by atoms with Gasteiger partial charge in [0, 0.05) is 43.3 Å². The van der Waals surface area contributed by atoms with Crippen molar-refractivity contribution in [1.82, 2.24) is 4.90 Å². The maximum atomic E-state index is 13.3. The second kappa shape index (κ2) is 8.00. The molecule has 1 N–H and O–H groups in total. The maximum Gasteiger partial charge on any atom is 0.243 e. The van der Waals surface area contributed by atoms with Gasteiger partial charge in [-0.3, -0.25) is 9.59 Å². The van der Waals surface area contributed by atoms with Gasteiger partial charge in [0.2, 0.25) is 11.8 Å². The molecule has 2 amide bonds. The average molecular weight is 381 g/mol. The number of halogens is 1. The minimum atomic E-state index is -0.374. The minimum Gasteiger partial charge on any atom is -0.361 e. The lowest BCUT2D eigenvalue weighted by atomic mass is 9.98. The number of benzene rings is 2. The molecule has 2 aromatic rings. The Bertz CT molecular complexity index is 886. The molecule has 2 aliphatic rings. The first-order chi connectivity index (χ1) is 13.6. The quantitative estimate of drug-likeness (QED) is 0.835. The van der Waals surface area contributed by atoms with E-state index in [0.29, 0.717) is 18.0 Å². The molecule has 0 saturated carbocycles. The van der Waals surface area contributed by atoms with Gasteiger partial charge in [-0.2, -0.15) is 0 Å². The molecule has 28 heavy (non-hydrogen) atoms. The predicted molar refractivity (Wildman–Crippen MR) is 107 cm³/mol. The highest BCUT2D eigenvalue weighted by atomic mass is 19.1. The Labute approximate surface area is 164 Å². The second-order valence-electron chi connectivity index (χ2n) is 7.47. The first-order valence-corrected chi connectivity index (χ1v) is 9.77. The number of rotatable bonds is 6. The van der Waals surface area contributed by atoms with E-state index in [1.165, 1.54) is 17.7 Å². The number of hydrogen-bond donors (Lipinski definition) is 1. The van der Waals surface area contributed by atoms with Crippen LogP contribution in [0.1, 0.15) is 30.7 Å². The number of carbonyl (C=O) groups excluding carboxylic acids is 2. The van der Waals surface area contributed by atoms with E-state index in [1.54, 1.807) is 12.1 Å². The topological polar surface area (TPSA) is 52.7 Å². The number of nitrogens with zero attached hydrogens (tertiary/aromatic N) is 2. The summed E-state index contributed by atoms with van der Waals surface area (Å²) in [6, 6.07) is 14.0. The third kappa shape index (κ3) is 4.01. The van der Waals surface area contributed by atoms with E-state index in [9.17, 15) is 14.0 Å². The number of fused-ring (bicyclic) bond motifs is 1. The third-order valence-corrected chi connectivity index (χ3v) is 5.52. The van der Waals surface area contributed by atoms with Crippen LogP contribution in [0, 0.1) is 5.82 Å². The van der Waals surface area contributed by atoms with Crippen LogP contribution in [0.25, 0.3) is 0 Å².